The SMILES string of the molecule is CC1CC(C)C(CN2CCC3(CCCC3)CC2)C(N)C1. The van der Waals surface area contributed by atoms with Crippen molar-refractivity contribution in [3.8, 4) is 0 Å². The Kier molecular flexibility index (Phi) is 4.42. The van der Waals surface area contributed by atoms with Gasteiger partial charge < -0.3 is 10.6 Å². The molecule has 3 fully saturated rings. The van der Waals surface area contributed by atoms with Crippen LogP contribution in [0.1, 0.15) is 65.2 Å². The van der Waals surface area contributed by atoms with Crippen molar-refractivity contribution in [3.05, 3.63) is 0 Å². The second-order valence-electron chi connectivity index (χ2n) is 8.39. The third-order valence-corrected chi connectivity index (χ3v) is 6.78. The fourth-order valence-corrected chi connectivity index (χ4v) is 5.42. The van der Waals surface area contributed by atoms with Gasteiger partial charge in [-0.1, -0.05) is 26.7 Å². The molecular weight excluding hydrogens is 244 g/mol. The second kappa shape index (κ2) is 5.96. The lowest BCUT2D eigenvalue weighted by atomic mass is 9.72. The first-order valence-corrected chi connectivity index (χ1v) is 9.06. The molecule has 4 atom stereocenters. The van der Waals surface area contributed by atoms with Crippen molar-refractivity contribution in [1.29, 1.82) is 0 Å². The van der Waals surface area contributed by atoms with Crippen molar-refractivity contribution in [1.82, 2.24) is 4.90 Å². The molecule has 0 aromatic carbocycles. The number of rotatable bonds is 2. The molecule has 1 spiro atoms. The van der Waals surface area contributed by atoms with Crippen LogP contribution in [0.4, 0.5) is 0 Å². The van der Waals surface area contributed by atoms with Gasteiger partial charge in [0.2, 0.25) is 0 Å². The van der Waals surface area contributed by atoms with Crippen molar-refractivity contribution >= 4 is 0 Å². The lowest BCUT2D eigenvalue weighted by Crippen LogP contribution is -2.49. The summed E-state index contributed by atoms with van der Waals surface area (Å²) in [7, 11) is 0. The molecule has 2 aliphatic carbocycles. The normalized spacial score (nSPS) is 42.1. The largest absolute Gasteiger partial charge is 0.327 e. The van der Waals surface area contributed by atoms with E-state index in [1.807, 2.05) is 0 Å². The Balaban J connectivity index is 1.51. The first-order chi connectivity index (χ1) is 9.58. The quantitative estimate of drug-likeness (QED) is 0.835. The third kappa shape index (κ3) is 3.06. The predicted molar refractivity (Wildman–Crippen MR) is 85.6 cm³/mol. The van der Waals surface area contributed by atoms with Crippen molar-refractivity contribution < 1.29 is 0 Å². The molecule has 20 heavy (non-hydrogen) atoms. The average molecular weight is 278 g/mol. The number of hydrogen-bond donors (Lipinski definition) is 1. The average Bonchev–Trinajstić information content (AvgIpc) is 2.85. The van der Waals surface area contributed by atoms with Crippen LogP contribution in [0.15, 0.2) is 0 Å². The maximum atomic E-state index is 6.47. The van der Waals surface area contributed by atoms with Crippen LogP contribution in [0.5, 0.6) is 0 Å². The van der Waals surface area contributed by atoms with Gasteiger partial charge in [-0.2, -0.15) is 0 Å². The van der Waals surface area contributed by atoms with Crippen molar-refractivity contribution in [3.63, 3.8) is 0 Å². The van der Waals surface area contributed by atoms with Crippen molar-refractivity contribution in [2.75, 3.05) is 19.6 Å². The Hall–Kier alpha value is -0.0800. The molecule has 3 rings (SSSR count). The molecular formula is C18H34N2. The van der Waals surface area contributed by atoms with Crippen LogP contribution in [-0.2, 0) is 0 Å². The molecule has 1 saturated heterocycles. The standard InChI is InChI=1S/C18H34N2/c1-14-11-15(2)16(17(19)12-14)13-20-9-7-18(8-10-20)5-3-4-6-18/h14-17H,3-13,19H2,1-2H3. The molecule has 1 heterocycles. The number of hydrogen-bond acceptors (Lipinski definition) is 2. The zero-order valence-electron chi connectivity index (χ0n) is 13.6. The van der Waals surface area contributed by atoms with E-state index in [1.54, 1.807) is 0 Å². The second-order valence-corrected chi connectivity index (χ2v) is 8.39. The van der Waals surface area contributed by atoms with E-state index in [-0.39, 0.29) is 0 Å². The van der Waals surface area contributed by atoms with E-state index in [9.17, 15) is 0 Å². The first-order valence-electron chi connectivity index (χ1n) is 9.06. The predicted octanol–water partition coefficient (Wildman–Crippen LogP) is 3.65. The Morgan fingerprint density at radius 1 is 1.00 bits per heavy atom. The zero-order chi connectivity index (χ0) is 14.2. The summed E-state index contributed by atoms with van der Waals surface area (Å²) >= 11 is 0. The van der Waals surface area contributed by atoms with Gasteiger partial charge in [-0.15, -0.1) is 0 Å². The highest BCUT2D eigenvalue weighted by atomic mass is 15.1. The lowest BCUT2D eigenvalue weighted by molar-refractivity contribution is 0.0641. The molecule has 0 aromatic rings. The maximum absolute atomic E-state index is 6.47. The van der Waals surface area contributed by atoms with Gasteiger partial charge in [0.1, 0.15) is 0 Å². The molecule has 4 unspecified atom stereocenters. The summed E-state index contributed by atoms with van der Waals surface area (Å²) in [5, 5.41) is 0. The van der Waals surface area contributed by atoms with Gasteiger partial charge in [-0.05, 0) is 74.8 Å². The van der Waals surface area contributed by atoms with Crippen LogP contribution >= 0.6 is 0 Å². The Bertz CT molecular complexity index is 299. The van der Waals surface area contributed by atoms with Crippen LogP contribution in [-0.4, -0.2) is 30.6 Å². The summed E-state index contributed by atoms with van der Waals surface area (Å²) < 4.78 is 0. The lowest BCUT2D eigenvalue weighted by Gasteiger charge is -2.44. The van der Waals surface area contributed by atoms with Crippen LogP contribution in [0.3, 0.4) is 0 Å². The minimum Gasteiger partial charge on any atom is -0.327 e. The van der Waals surface area contributed by atoms with Crippen LogP contribution in [0, 0.1) is 23.2 Å². The third-order valence-electron chi connectivity index (χ3n) is 6.78. The fraction of sp³-hybridized carbons (Fsp3) is 1.00. The van der Waals surface area contributed by atoms with E-state index >= 15 is 0 Å². The van der Waals surface area contributed by atoms with E-state index < -0.39 is 0 Å². The van der Waals surface area contributed by atoms with E-state index in [2.05, 4.69) is 18.7 Å². The topological polar surface area (TPSA) is 29.3 Å². The molecule has 2 saturated carbocycles. The summed E-state index contributed by atoms with van der Waals surface area (Å²) in [5.41, 5.74) is 7.22. The fourth-order valence-electron chi connectivity index (χ4n) is 5.42. The smallest absolute Gasteiger partial charge is 0.00844 e. The van der Waals surface area contributed by atoms with Gasteiger partial charge in [0, 0.05) is 12.6 Å². The van der Waals surface area contributed by atoms with Crippen LogP contribution in [0.25, 0.3) is 0 Å². The van der Waals surface area contributed by atoms with Crippen molar-refractivity contribution in [2.45, 2.75) is 71.3 Å². The Labute approximate surface area is 125 Å². The highest BCUT2D eigenvalue weighted by molar-refractivity contribution is 4.92. The molecule has 1 aliphatic heterocycles. The zero-order valence-corrected chi connectivity index (χ0v) is 13.6. The van der Waals surface area contributed by atoms with E-state index in [0.29, 0.717) is 6.04 Å². The minimum atomic E-state index is 0.441. The van der Waals surface area contributed by atoms with Crippen LogP contribution in [0.2, 0.25) is 0 Å². The highest BCUT2D eigenvalue weighted by Crippen LogP contribution is 2.46. The van der Waals surface area contributed by atoms with E-state index in [0.717, 1.165) is 23.2 Å². The van der Waals surface area contributed by atoms with Crippen LogP contribution < -0.4 is 5.73 Å². The molecule has 0 bridgehead atoms. The highest BCUT2D eigenvalue weighted by Gasteiger charge is 2.39. The van der Waals surface area contributed by atoms with E-state index in [1.165, 1.54) is 71.0 Å². The molecule has 0 radical (unpaired) electrons. The molecule has 2 nitrogen and oxygen atoms in total. The maximum Gasteiger partial charge on any atom is 0.00844 e. The molecule has 116 valence electrons. The monoisotopic (exact) mass is 278 g/mol. The molecule has 3 aliphatic rings. The Morgan fingerprint density at radius 3 is 2.25 bits per heavy atom. The van der Waals surface area contributed by atoms with Gasteiger partial charge in [0.25, 0.3) is 0 Å². The van der Waals surface area contributed by atoms with Gasteiger partial charge in [0.15, 0.2) is 0 Å². The molecule has 0 amide bonds. The number of nitrogens with zero attached hydrogens (tertiary/aromatic N) is 1. The van der Waals surface area contributed by atoms with E-state index in [4.69, 9.17) is 5.73 Å². The summed E-state index contributed by atoms with van der Waals surface area (Å²) in [5.74, 6) is 2.39. The summed E-state index contributed by atoms with van der Waals surface area (Å²) in [4.78, 5) is 2.74. The first kappa shape index (κ1) is 14.8. The summed E-state index contributed by atoms with van der Waals surface area (Å²) in [6.07, 6.45) is 11.5. The number of nitrogens with two attached hydrogens (primary N) is 1. The number of likely N-dealkylation sites (tertiary alicyclic amines) is 1. The molecule has 2 N–H and O–H groups in total. The van der Waals surface area contributed by atoms with Gasteiger partial charge in [-0.25, -0.2) is 0 Å². The summed E-state index contributed by atoms with van der Waals surface area (Å²) in [6.45, 7) is 8.75. The van der Waals surface area contributed by atoms with Gasteiger partial charge in [0.05, 0.1) is 0 Å². The van der Waals surface area contributed by atoms with Gasteiger partial charge in [-0.3, -0.25) is 0 Å². The van der Waals surface area contributed by atoms with Crippen molar-refractivity contribution in [2.24, 2.45) is 28.9 Å². The van der Waals surface area contributed by atoms with Gasteiger partial charge >= 0.3 is 0 Å². The molecule has 0 aromatic heterocycles. The molecule has 2 heteroatoms. The Morgan fingerprint density at radius 2 is 1.65 bits per heavy atom. The number of piperidine rings is 1. The summed E-state index contributed by atoms with van der Waals surface area (Å²) in [6, 6.07) is 0.441. The minimum absolute atomic E-state index is 0.441.